The standard InChI is InChI=1S/C20H17Cl2F3N4O5S/c1-35(32,33)27-12-9-19(8-11-2-4-14(5-3-11)34-20(23,24)25)17(30)29(18(31)28(19)10-12)13-6-15(21)26-16(22)7-13/h2-7,12,27H,8-10H2,1H3/t12-,19+/m0/s1. The number of rotatable bonds is 6. The molecule has 2 aliphatic heterocycles. The molecule has 188 valence electrons. The van der Waals surface area contributed by atoms with Crippen molar-refractivity contribution >= 4 is 50.9 Å². The van der Waals surface area contributed by atoms with Crippen LogP contribution in [0.15, 0.2) is 36.4 Å². The molecule has 4 rings (SSSR count). The molecule has 1 N–H and O–H groups in total. The van der Waals surface area contributed by atoms with Crippen LogP contribution in [-0.4, -0.2) is 61.0 Å². The number of sulfonamides is 1. The number of halogens is 5. The van der Waals surface area contributed by atoms with Crippen LogP contribution in [0.3, 0.4) is 0 Å². The number of pyridine rings is 1. The molecule has 2 aromatic rings. The fourth-order valence-electron chi connectivity index (χ4n) is 4.44. The number of nitrogens with one attached hydrogen (secondary N) is 1. The number of alkyl halides is 3. The SMILES string of the molecule is CS(=O)(=O)N[C@@H]1CN2C(=O)N(c3cc(Cl)nc(Cl)c3)C(=O)[C@@]2(Cc2ccc(OC(F)(F)F)cc2)C1. The van der Waals surface area contributed by atoms with E-state index in [4.69, 9.17) is 23.2 Å². The Hall–Kier alpha value is -2.61. The minimum Gasteiger partial charge on any atom is -0.406 e. The highest BCUT2D eigenvalue weighted by molar-refractivity contribution is 7.88. The topological polar surface area (TPSA) is 109 Å². The summed E-state index contributed by atoms with van der Waals surface area (Å²) >= 11 is 11.9. The zero-order valence-corrected chi connectivity index (χ0v) is 20.2. The minimum atomic E-state index is -4.87. The average molecular weight is 553 g/mol. The first-order chi connectivity index (χ1) is 16.2. The van der Waals surface area contributed by atoms with Crippen molar-refractivity contribution in [2.45, 2.75) is 30.8 Å². The maximum absolute atomic E-state index is 13.7. The van der Waals surface area contributed by atoms with Crippen molar-refractivity contribution in [2.24, 2.45) is 0 Å². The molecule has 3 heterocycles. The molecule has 35 heavy (non-hydrogen) atoms. The second kappa shape index (κ2) is 8.80. The first-order valence-electron chi connectivity index (χ1n) is 9.98. The molecular weight excluding hydrogens is 536 g/mol. The van der Waals surface area contributed by atoms with E-state index in [1.165, 1.54) is 29.2 Å². The summed E-state index contributed by atoms with van der Waals surface area (Å²) in [6.45, 7) is -0.101. The molecule has 0 aliphatic carbocycles. The van der Waals surface area contributed by atoms with Crippen molar-refractivity contribution in [2.75, 3.05) is 17.7 Å². The van der Waals surface area contributed by atoms with E-state index >= 15 is 0 Å². The van der Waals surface area contributed by atoms with Gasteiger partial charge in [0.15, 0.2) is 0 Å². The van der Waals surface area contributed by atoms with E-state index in [1.54, 1.807) is 0 Å². The predicted molar refractivity (Wildman–Crippen MR) is 120 cm³/mol. The molecular formula is C20H17Cl2F3N4O5S. The van der Waals surface area contributed by atoms with Crippen LogP contribution in [0.1, 0.15) is 12.0 Å². The number of carbonyl (C=O) groups is 2. The molecule has 1 aromatic carbocycles. The Labute approximate surface area is 207 Å². The van der Waals surface area contributed by atoms with E-state index in [0.717, 1.165) is 23.3 Å². The van der Waals surface area contributed by atoms with Gasteiger partial charge in [-0.05, 0) is 36.2 Å². The van der Waals surface area contributed by atoms with Crippen LogP contribution in [0, 0.1) is 0 Å². The number of hydrogen-bond acceptors (Lipinski definition) is 6. The van der Waals surface area contributed by atoms with E-state index < -0.39 is 45.7 Å². The van der Waals surface area contributed by atoms with Crippen LogP contribution < -0.4 is 14.4 Å². The van der Waals surface area contributed by atoms with Gasteiger partial charge in [0.1, 0.15) is 21.6 Å². The molecule has 2 fully saturated rings. The number of anilines is 1. The van der Waals surface area contributed by atoms with Crippen molar-refractivity contribution in [1.29, 1.82) is 0 Å². The summed E-state index contributed by atoms with van der Waals surface area (Å²) in [5.74, 6) is -1.11. The van der Waals surface area contributed by atoms with Crippen LogP contribution in [-0.2, 0) is 21.2 Å². The van der Waals surface area contributed by atoms with Crippen LogP contribution in [0.4, 0.5) is 23.7 Å². The Balaban J connectivity index is 1.70. The van der Waals surface area contributed by atoms with Gasteiger partial charge in [-0.15, -0.1) is 13.2 Å². The summed E-state index contributed by atoms with van der Waals surface area (Å²) in [5, 5.41) is -0.0998. The van der Waals surface area contributed by atoms with Gasteiger partial charge >= 0.3 is 12.4 Å². The Morgan fingerprint density at radius 3 is 2.31 bits per heavy atom. The molecule has 1 aromatic heterocycles. The van der Waals surface area contributed by atoms with Crippen molar-refractivity contribution in [3.05, 3.63) is 52.3 Å². The second-order valence-electron chi connectivity index (χ2n) is 8.20. The molecule has 9 nitrogen and oxygen atoms in total. The Morgan fingerprint density at radius 1 is 1.17 bits per heavy atom. The first-order valence-corrected chi connectivity index (χ1v) is 12.6. The smallest absolute Gasteiger partial charge is 0.406 e. The number of nitrogens with zero attached hydrogens (tertiary/aromatic N) is 3. The van der Waals surface area contributed by atoms with Crippen LogP contribution in [0.2, 0.25) is 10.3 Å². The fourth-order valence-corrected chi connectivity index (χ4v) is 5.65. The average Bonchev–Trinajstić information content (AvgIpc) is 3.13. The van der Waals surface area contributed by atoms with E-state index in [-0.39, 0.29) is 35.4 Å². The number of fused-ring (bicyclic) bond motifs is 1. The summed E-state index contributed by atoms with van der Waals surface area (Å²) in [7, 11) is -3.65. The van der Waals surface area contributed by atoms with Crippen molar-refractivity contribution in [1.82, 2.24) is 14.6 Å². The summed E-state index contributed by atoms with van der Waals surface area (Å²) in [6.07, 6.45) is -4.06. The molecule has 0 bridgehead atoms. The predicted octanol–water partition coefficient (Wildman–Crippen LogP) is 3.36. The molecule has 0 saturated carbocycles. The van der Waals surface area contributed by atoms with Crippen molar-refractivity contribution < 1.29 is 35.9 Å². The summed E-state index contributed by atoms with van der Waals surface area (Å²) in [6, 6.07) is 5.96. The molecule has 0 spiro atoms. The number of amides is 3. The van der Waals surface area contributed by atoms with Gasteiger partial charge in [-0.3, -0.25) is 4.79 Å². The highest BCUT2D eigenvalue weighted by Crippen LogP contribution is 2.43. The van der Waals surface area contributed by atoms with Gasteiger partial charge < -0.3 is 9.64 Å². The normalized spacial score (nSPS) is 22.6. The molecule has 0 unspecified atom stereocenters. The lowest BCUT2D eigenvalue weighted by Gasteiger charge is -2.28. The lowest BCUT2D eigenvalue weighted by atomic mass is 9.87. The number of carbonyl (C=O) groups excluding carboxylic acids is 2. The highest BCUT2D eigenvalue weighted by Gasteiger charge is 2.62. The molecule has 15 heteroatoms. The van der Waals surface area contributed by atoms with Crippen molar-refractivity contribution in [3.8, 4) is 5.75 Å². The second-order valence-corrected chi connectivity index (χ2v) is 10.8. The van der Waals surface area contributed by atoms with E-state index in [9.17, 15) is 31.2 Å². The number of imide groups is 1. The minimum absolute atomic E-state index is 0.0499. The Bertz CT molecular complexity index is 1270. The first kappa shape index (κ1) is 25.5. The third kappa shape index (κ3) is 5.32. The molecule has 0 radical (unpaired) electrons. The molecule has 3 amide bonds. The van der Waals surface area contributed by atoms with Gasteiger partial charge in [-0.2, -0.15) is 0 Å². The molecule has 2 saturated heterocycles. The van der Waals surface area contributed by atoms with Crippen LogP contribution >= 0.6 is 23.2 Å². The monoisotopic (exact) mass is 552 g/mol. The number of aromatic nitrogens is 1. The largest absolute Gasteiger partial charge is 0.573 e. The zero-order chi connectivity index (χ0) is 25.8. The Morgan fingerprint density at radius 2 is 1.77 bits per heavy atom. The number of benzene rings is 1. The van der Waals surface area contributed by atoms with Gasteiger partial charge in [0.2, 0.25) is 10.0 Å². The lowest BCUT2D eigenvalue weighted by Crippen LogP contribution is -2.47. The number of urea groups is 1. The van der Waals surface area contributed by atoms with Crippen LogP contribution in [0.25, 0.3) is 0 Å². The Kier molecular flexibility index (Phi) is 6.41. The quantitative estimate of drug-likeness (QED) is 0.434. The van der Waals surface area contributed by atoms with Crippen LogP contribution in [0.5, 0.6) is 5.75 Å². The number of hydrogen-bond donors (Lipinski definition) is 1. The van der Waals surface area contributed by atoms with Gasteiger partial charge in [0.25, 0.3) is 5.91 Å². The van der Waals surface area contributed by atoms with E-state index in [0.29, 0.717) is 5.56 Å². The summed E-state index contributed by atoms with van der Waals surface area (Å²) in [5.41, 5.74) is -0.993. The molecule has 2 atom stereocenters. The third-order valence-electron chi connectivity index (χ3n) is 5.57. The lowest BCUT2D eigenvalue weighted by molar-refractivity contribution is -0.274. The third-order valence-corrected chi connectivity index (χ3v) is 6.72. The maximum atomic E-state index is 13.7. The fraction of sp³-hybridized carbons (Fsp3) is 0.350. The van der Waals surface area contributed by atoms with Gasteiger partial charge in [0, 0.05) is 19.0 Å². The van der Waals surface area contributed by atoms with Gasteiger partial charge in [-0.25, -0.2) is 27.8 Å². The van der Waals surface area contributed by atoms with Gasteiger partial charge in [-0.1, -0.05) is 35.3 Å². The summed E-state index contributed by atoms with van der Waals surface area (Å²) in [4.78, 5) is 33.0. The highest BCUT2D eigenvalue weighted by atomic mass is 35.5. The number of ether oxygens (including phenoxy) is 1. The van der Waals surface area contributed by atoms with E-state index in [1.807, 2.05) is 0 Å². The maximum Gasteiger partial charge on any atom is 0.573 e. The molecule has 2 aliphatic rings. The van der Waals surface area contributed by atoms with E-state index in [2.05, 4.69) is 14.4 Å². The van der Waals surface area contributed by atoms with Crippen molar-refractivity contribution in [3.63, 3.8) is 0 Å². The van der Waals surface area contributed by atoms with Gasteiger partial charge in [0.05, 0.1) is 11.9 Å². The zero-order valence-electron chi connectivity index (χ0n) is 17.8. The summed E-state index contributed by atoms with van der Waals surface area (Å²) < 4.78 is 67.3.